The monoisotopic (exact) mass is 150 g/mol. The van der Waals surface area contributed by atoms with E-state index in [-0.39, 0.29) is 6.10 Å². The van der Waals surface area contributed by atoms with E-state index in [1.54, 1.807) is 6.08 Å². The van der Waals surface area contributed by atoms with Crippen molar-refractivity contribution in [2.24, 2.45) is 23.2 Å². The van der Waals surface area contributed by atoms with Crippen molar-refractivity contribution in [3.05, 3.63) is 12.7 Å². The maximum absolute atomic E-state index is 9.69. The van der Waals surface area contributed by atoms with Crippen LogP contribution in [0.4, 0.5) is 0 Å². The van der Waals surface area contributed by atoms with Crippen LogP contribution in [0.25, 0.3) is 0 Å². The van der Waals surface area contributed by atoms with Gasteiger partial charge in [0.2, 0.25) is 0 Å². The van der Waals surface area contributed by atoms with Crippen LogP contribution < -0.4 is 0 Å². The number of aliphatic hydroxyl groups is 1. The van der Waals surface area contributed by atoms with Gasteiger partial charge in [-0.15, -0.1) is 6.58 Å². The second-order valence-electron chi connectivity index (χ2n) is 4.35. The van der Waals surface area contributed by atoms with Crippen LogP contribution in [-0.4, -0.2) is 11.2 Å². The summed E-state index contributed by atoms with van der Waals surface area (Å²) < 4.78 is 0. The predicted octanol–water partition coefficient (Wildman–Crippen LogP) is 1.58. The van der Waals surface area contributed by atoms with Crippen molar-refractivity contribution >= 4 is 0 Å². The summed E-state index contributed by atoms with van der Waals surface area (Å²) in [5, 5.41) is 9.69. The molecule has 3 saturated carbocycles. The van der Waals surface area contributed by atoms with E-state index in [1.807, 2.05) is 0 Å². The first kappa shape index (κ1) is 6.24. The Labute approximate surface area is 67.1 Å². The molecule has 11 heavy (non-hydrogen) atoms. The fraction of sp³-hybridized carbons (Fsp3) is 0.800. The highest BCUT2D eigenvalue weighted by molar-refractivity contribution is 5.36. The molecule has 3 aliphatic rings. The molecule has 0 aromatic heterocycles. The Morgan fingerprint density at radius 2 is 2.09 bits per heavy atom. The number of hydrogen-bond acceptors (Lipinski definition) is 1. The number of fused-ring (bicyclic) bond motifs is 2. The Bertz CT molecular complexity index is 199. The molecular formula is C10H14O. The summed E-state index contributed by atoms with van der Waals surface area (Å²) in [6, 6.07) is 0. The maximum Gasteiger partial charge on any atom is 0.0782 e. The molecule has 60 valence electrons. The molecule has 0 aliphatic heterocycles. The van der Waals surface area contributed by atoms with Gasteiger partial charge < -0.3 is 5.11 Å². The normalized spacial score (nSPS) is 59.5. The highest BCUT2D eigenvalue weighted by Gasteiger charge is 2.88. The van der Waals surface area contributed by atoms with Crippen LogP contribution in [0.1, 0.15) is 19.3 Å². The average Bonchev–Trinajstić information content (AvgIpc) is 2.92. The predicted molar refractivity (Wildman–Crippen MR) is 43.0 cm³/mol. The molecule has 3 fully saturated rings. The summed E-state index contributed by atoms with van der Waals surface area (Å²) in [6.07, 6.45) is 5.68. The molecule has 3 unspecified atom stereocenters. The minimum Gasteiger partial charge on any atom is -0.388 e. The third-order valence-corrected chi connectivity index (χ3v) is 4.28. The molecule has 1 N–H and O–H groups in total. The zero-order chi connectivity index (χ0) is 7.64. The largest absolute Gasteiger partial charge is 0.388 e. The first-order valence-corrected chi connectivity index (χ1v) is 4.64. The van der Waals surface area contributed by atoms with E-state index in [2.05, 4.69) is 6.58 Å². The Morgan fingerprint density at radius 1 is 1.45 bits per heavy atom. The van der Waals surface area contributed by atoms with Crippen molar-refractivity contribution in [1.82, 2.24) is 0 Å². The molecule has 0 bridgehead atoms. The van der Waals surface area contributed by atoms with Gasteiger partial charge in [0.1, 0.15) is 0 Å². The standard InChI is InChI=1S/C10H14O/c1-2-8(11)10-6-4-3-5-7(10)9(6)10/h2,6-9,11H,1,3-5H2. The van der Waals surface area contributed by atoms with Crippen LogP contribution in [0.3, 0.4) is 0 Å². The highest BCUT2D eigenvalue weighted by Crippen LogP contribution is 2.89. The van der Waals surface area contributed by atoms with Crippen molar-refractivity contribution in [3.8, 4) is 0 Å². The van der Waals surface area contributed by atoms with Gasteiger partial charge in [0.05, 0.1) is 6.10 Å². The van der Waals surface area contributed by atoms with E-state index >= 15 is 0 Å². The summed E-state index contributed by atoms with van der Waals surface area (Å²) in [5.74, 6) is 2.67. The van der Waals surface area contributed by atoms with Gasteiger partial charge in [-0.25, -0.2) is 0 Å². The Hall–Kier alpha value is -0.300. The molecule has 1 nitrogen and oxygen atoms in total. The van der Waals surface area contributed by atoms with E-state index in [9.17, 15) is 5.11 Å². The molecule has 0 radical (unpaired) electrons. The first-order chi connectivity index (χ1) is 5.33. The summed E-state index contributed by atoms with van der Waals surface area (Å²) in [5.41, 5.74) is 0.375. The molecule has 0 aromatic carbocycles. The molecule has 3 aliphatic carbocycles. The molecule has 1 heteroatoms. The van der Waals surface area contributed by atoms with Gasteiger partial charge >= 0.3 is 0 Å². The van der Waals surface area contributed by atoms with Crippen LogP contribution in [-0.2, 0) is 0 Å². The lowest BCUT2D eigenvalue weighted by molar-refractivity contribution is 0.112. The second kappa shape index (κ2) is 1.56. The van der Waals surface area contributed by atoms with E-state index in [1.165, 1.54) is 19.3 Å². The molecular weight excluding hydrogens is 136 g/mol. The lowest BCUT2D eigenvalue weighted by atomic mass is 9.80. The number of aliphatic hydroxyl groups excluding tert-OH is 1. The van der Waals surface area contributed by atoms with Gasteiger partial charge in [-0.05, 0) is 30.6 Å². The second-order valence-corrected chi connectivity index (χ2v) is 4.35. The molecule has 3 atom stereocenters. The van der Waals surface area contributed by atoms with Crippen molar-refractivity contribution in [2.75, 3.05) is 0 Å². The van der Waals surface area contributed by atoms with Crippen molar-refractivity contribution < 1.29 is 5.11 Å². The van der Waals surface area contributed by atoms with E-state index in [0.717, 1.165) is 17.8 Å². The zero-order valence-corrected chi connectivity index (χ0v) is 6.66. The molecule has 0 aromatic rings. The summed E-state index contributed by atoms with van der Waals surface area (Å²) in [6.45, 7) is 3.67. The van der Waals surface area contributed by atoms with E-state index in [4.69, 9.17) is 0 Å². The Balaban J connectivity index is 1.85. The molecule has 0 spiro atoms. The summed E-state index contributed by atoms with van der Waals surface area (Å²) >= 11 is 0. The van der Waals surface area contributed by atoms with Crippen molar-refractivity contribution in [1.29, 1.82) is 0 Å². The zero-order valence-electron chi connectivity index (χ0n) is 6.66. The Morgan fingerprint density at radius 3 is 2.55 bits per heavy atom. The smallest absolute Gasteiger partial charge is 0.0782 e. The van der Waals surface area contributed by atoms with Gasteiger partial charge in [0, 0.05) is 5.41 Å². The molecule has 0 saturated heterocycles. The van der Waals surface area contributed by atoms with Gasteiger partial charge in [-0.2, -0.15) is 0 Å². The van der Waals surface area contributed by atoms with Crippen LogP contribution in [0, 0.1) is 23.2 Å². The molecule has 0 amide bonds. The van der Waals surface area contributed by atoms with Gasteiger partial charge in [-0.1, -0.05) is 12.5 Å². The van der Waals surface area contributed by atoms with E-state index < -0.39 is 0 Å². The van der Waals surface area contributed by atoms with Crippen LogP contribution in [0.2, 0.25) is 0 Å². The van der Waals surface area contributed by atoms with Crippen LogP contribution >= 0.6 is 0 Å². The number of hydrogen-bond donors (Lipinski definition) is 1. The maximum atomic E-state index is 9.69. The van der Waals surface area contributed by atoms with Crippen molar-refractivity contribution in [2.45, 2.75) is 25.4 Å². The van der Waals surface area contributed by atoms with E-state index in [0.29, 0.717) is 5.41 Å². The molecule has 3 rings (SSSR count). The number of rotatable bonds is 2. The van der Waals surface area contributed by atoms with Crippen LogP contribution in [0.5, 0.6) is 0 Å². The topological polar surface area (TPSA) is 20.2 Å². The van der Waals surface area contributed by atoms with Gasteiger partial charge in [-0.3, -0.25) is 0 Å². The third kappa shape index (κ3) is 0.451. The van der Waals surface area contributed by atoms with Gasteiger partial charge in [0.25, 0.3) is 0 Å². The molecule has 0 heterocycles. The van der Waals surface area contributed by atoms with Crippen LogP contribution in [0.15, 0.2) is 12.7 Å². The minimum absolute atomic E-state index is 0.192. The average molecular weight is 150 g/mol. The SMILES string of the molecule is C=CC(O)C12C3CCCC1C32. The Kier molecular flexibility index (Phi) is 0.885. The third-order valence-electron chi connectivity index (χ3n) is 4.28. The quantitative estimate of drug-likeness (QED) is 0.592. The lowest BCUT2D eigenvalue weighted by Gasteiger charge is -2.26. The van der Waals surface area contributed by atoms with Crippen molar-refractivity contribution in [3.63, 3.8) is 0 Å². The first-order valence-electron chi connectivity index (χ1n) is 4.64. The summed E-state index contributed by atoms with van der Waals surface area (Å²) in [4.78, 5) is 0. The van der Waals surface area contributed by atoms with Gasteiger partial charge in [0.15, 0.2) is 0 Å². The fourth-order valence-corrected chi connectivity index (χ4v) is 3.76. The fourth-order valence-electron chi connectivity index (χ4n) is 3.76. The highest BCUT2D eigenvalue weighted by atomic mass is 16.3. The lowest BCUT2D eigenvalue weighted by Crippen LogP contribution is -2.24. The summed E-state index contributed by atoms with van der Waals surface area (Å²) in [7, 11) is 0. The minimum atomic E-state index is -0.192.